The number of carbonyl (C=O) groups is 1. The predicted octanol–water partition coefficient (Wildman–Crippen LogP) is 0.978. The van der Waals surface area contributed by atoms with E-state index >= 15 is 0 Å². The number of rotatable bonds is 3. The van der Waals surface area contributed by atoms with Gasteiger partial charge in [-0.2, -0.15) is 0 Å². The molecule has 0 amide bonds. The van der Waals surface area contributed by atoms with Gasteiger partial charge in [-0.3, -0.25) is 9.78 Å². The van der Waals surface area contributed by atoms with E-state index in [2.05, 4.69) is 4.98 Å². The summed E-state index contributed by atoms with van der Waals surface area (Å²) in [6, 6.07) is 2.99. The lowest BCUT2D eigenvalue weighted by Crippen LogP contribution is -2.14. The summed E-state index contributed by atoms with van der Waals surface area (Å²) in [7, 11) is 0. The van der Waals surface area contributed by atoms with Crippen LogP contribution in [0, 0.1) is 0 Å². The molecule has 0 radical (unpaired) electrons. The fourth-order valence-corrected chi connectivity index (χ4v) is 0.917. The summed E-state index contributed by atoms with van der Waals surface area (Å²) in [5.41, 5.74) is 6.39. The Morgan fingerprint density at radius 3 is 2.54 bits per heavy atom. The van der Waals surface area contributed by atoms with Crippen molar-refractivity contribution in [2.45, 2.75) is 12.5 Å². The van der Waals surface area contributed by atoms with Gasteiger partial charge in [-0.1, -0.05) is 0 Å². The molecule has 0 fully saturated rings. The summed E-state index contributed by atoms with van der Waals surface area (Å²) >= 11 is 0. The van der Waals surface area contributed by atoms with Crippen LogP contribution < -0.4 is 5.73 Å². The molecule has 5 heteroatoms. The smallest absolute Gasteiger partial charge is 0.305 e. The molecule has 0 aliphatic heterocycles. The molecule has 72 valence electrons. The fraction of sp³-hybridized carbons (Fsp3) is 0.250. The molecule has 1 rings (SSSR count). The van der Waals surface area contributed by atoms with E-state index in [0.717, 1.165) is 5.56 Å². The maximum Gasteiger partial charge on any atom is 0.305 e. The van der Waals surface area contributed by atoms with E-state index in [4.69, 9.17) is 10.8 Å². The van der Waals surface area contributed by atoms with E-state index in [1.54, 1.807) is 24.5 Å². The van der Waals surface area contributed by atoms with Crippen molar-refractivity contribution < 1.29 is 9.90 Å². The van der Waals surface area contributed by atoms with Crippen LogP contribution >= 0.6 is 12.4 Å². The minimum Gasteiger partial charge on any atom is -0.481 e. The van der Waals surface area contributed by atoms with Gasteiger partial charge in [0, 0.05) is 18.4 Å². The Hall–Kier alpha value is -1.13. The number of halogens is 1. The second-order valence-corrected chi connectivity index (χ2v) is 2.48. The zero-order chi connectivity index (χ0) is 8.97. The zero-order valence-corrected chi connectivity index (χ0v) is 7.70. The predicted molar refractivity (Wildman–Crippen MR) is 50.7 cm³/mol. The van der Waals surface area contributed by atoms with Gasteiger partial charge in [-0.05, 0) is 17.7 Å². The first-order valence-corrected chi connectivity index (χ1v) is 3.57. The lowest BCUT2D eigenvalue weighted by molar-refractivity contribution is -0.137. The Morgan fingerprint density at radius 1 is 1.54 bits per heavy atom. The number of hydrogen-bond acceptors (Lipinski definition) is 3. The van der Waals surface area contributed by atoms with Crippen molar-refractivity contribution in [3.63, 3.8) is 0 Å². The van der Waals surface area contributed by atoms with Crippen LogP contribution in [0.3, 0.4) is 0 Å². The van der Waals surface area contributed by atoms with Crippen LogP contribution in [-0.2, 0) is 4.79 Å². The highest BCUT2D eigenvalue weighted by atomic mass is 35.5. The fourth-order valence-electron chi connectivity index (χ4n) is 0.917. The SMILES string of the molecule is Cl.N[C@@H](CC(=O)O)c1ccncc1. The molecule has 1 aromatic heterocycles. The topological polar surface area (TPSA) is 76.2 Å². The first-order valence-electron chi connectivity index (χ1n) is 3.57. The van der Waals surface area contributed by atoms with Crippen molar-refractivity contribution in [2.24, 2.45) is 5.73 Å². The van der Waals surface area contributed by atoms with E-state index in [9.17, 15) is 4.79 Å². The third kappa shape index (κ3) is 3.87. The highest BCUT2D eigenvalue weighted by molar-refractivity contribution is 5.85. The lowest BCUT2D eigenvalue weighted by atomic mass is 10.1. The quantitative estimate of drug-likeness (QED) is 0.766. The number of nitrogens with zero attached hydrogens (tertiary/aromatic N) is 1. The molecule has 1 aromatic rings. The van der Waals surface area contributed by atoms with Crippen LogP contribution in [0.1, 0.15) is 18.0 Å². The van der Waals surface area contributed by atoms with Gasteiger partial charge in [0.1, 0.15) is 0 Å². The molecule has 0 bridgehead atoms. The van der Waals surface area contributed by atoms with Gasteiger partial charge in [-0.25, -0.2) is 0 Å². The van der Waals surface area contributed by atoms with Crippen molar-refractivity contribution in [3.8, 4) is 0 Å². The minimum absolute atomic E-state index is 0. The number of carboxylic acid groups (broad SMARTS) is 1. The molecule has 0 aromatic carbocycles. The minimum atomic E-state index is -0.890. The van der Waals surface area contributed by atoms with E-state index in [0.29, 0.717) is 0 Å². The van der Waals surface area contributed by atoms with Crippen LogP contribution in [-0.4, -0.2) is 16.1 Å². The van der Waals surface area contributed by atoms with Gasteiger partial charge < -0.3 is 10.8 Å². The highest BCUT2D eigenvalue weighted by Crippen LogP contribution is 2.11. The van der Waals surface area contributed by atoms with E-state index in [-0.39, 0.29) is 18.8 Å². The monoisotopic (exact) mass is 202 g/mol. The second kappa shape index (κ2) is 5.50. The molecule has 0 spiro atoms. The van der Waals surface area contributed by atoms with Gasteiger partial charge in [0.15, 0.2) is 0 Å². The average Bonchev–Trinajstić information content (AvgIpc) is 2.05. The van der Waals surface area contributed by atoms with Crippen molar-refractivity contribution in [1.29, 1.82) is 0 Å². The summed E-state index contributed by atoms with van der Waals surface area (Å²) in [6.45, 7) is 0. The molecule has 0 aliphatic rings. The maximum absolute atomic E-state index is 10.3. The molecule has 0 aliphatic carbocycles. The van der Waals surface area contributed by atoms with Crippen LogP contribution in [0.2, 0.25) is 0 Å². The van der Waals surface area contributed by atoms with Crippen LogP contribution in [0.4, 0.5) is 0 Å². The molecular formula is C8H11ClN2O2. The third-order valence-electron chi connectivity index (χ3n) is 1.53. The summed E-state index contributed by atoms with van der Waals surface area (Å²) in [5, 5.41) is 8.45. The number of aliphatic carboxylic acids is 1. The largest absolute Gasteiger partial charge is 0.481 e. The van der Waals surface area contributed by atoms with Crippen molar-refractivity contribution in [3.05, 3.63) is 30.1 Å². The van der Waals surface area contributed by atoms with Gasteiger partial charge in [0.05, 0.1) is 6.42 Å². The normalized spacial score (nSPS) is 11.5. The first kappa shape index (κ1) is 11.9. The number of hydrogen-bond donors (Lipinski definition) is 2. The average molecular weight is 203 g/mol. The molecular weight excluding hydrogens is 192 g/mol. The van der Waals surface area contributed by atoms with Gasteiger partial charge in [0.2, 0.25) is 0 Å². The maximum atomic E-state index is 10.3. The molecule has 4 nitrogen and oxygen atoms in total. The zero-order valence-electron chi connectivity index (χ0n) is 6.88. The number of aromatic nitrogens is 1. The van der Waals surface area contributed by atoms with Crippen LogP contribution in [0.15, 0.2) is 24.5 Å². The number of nitrogens with two attached hydrogens (primary N) is 1. The molecule has 13 heavy (non-hydrogen) atoms. The highest BCUT2D eigenvalue weighted by Gasteiger charge is 2.09. The van der Waals surface area contributed by atoms with Crippen LogP contribution in [0.5, 0.6) is 0 Å². The van der Waals surface area contributed by atoms with Crippen molar-refractivity contribution in [1.82, 2.24) is 4.98 Å². The molecule has 0 unspecified atom stereocenters. The van der Waals surface area contributed by atoms with Crippen molar-refractivity contribution >= 4 is 18.4 Å². The summed E-state index contributed by atoms with van der Waals surface area (Å²) in [4.78, 5) is 14.1. The van der Waals surface area contributed by atoms with E-state index < -0.39 is 12.0 Å². The van der Waals surface area contributed by atoms with Gasteiger partial charge in [0.25, 0.3) is 0 Å². The molecule has 3 N–H and O–H groups in total. The Labute approximate surface area is 82.2 Å². The third-order valence-corrected chi connectivity index (χ3v) is 1.53. The second-order valence-electron chi connectivity index (χ2n) is 2.48. The molecule has 0 saturated carbocycles. The first-order chi connectivity index (χ1) is 5.70. The van der Waals surface area contributed by atoms with Gasteiger partial charge in [-0.15, -0.1) is 12.4 Å². The Morgan fingerprint density at radius 2 is 2.08 bits per heavy atom. The Bertz CT molecular complexity index is 266. The Kier molecular flexibility index (Phi) is 5.03. The lowest BCUT2D eigenvalue weighted by Gasteiger charge is -2.07. The summed E-state index contributed by atoms with van der Waals surface area (Å²) in [5.74, 6) is -0.890. The molecule has 1 atom stereocenters. The molecule has 0 saturated heterocycles. The van der Waals surface area contributed by atoms with Gasteiger partial charge >= 0.3 is 5.97 Å². The number of pyridine rings is 1. The van der Waals surface area contributed by atoms with Crippen LogP contribution in [0.25, 0.3) is 0 Å². The Balaban J connectivity index is 0.00000144. The standard InChI is InChI=1S/C8H10N2O2.ClH/c9-7(5-8(11)12)6-1-3-10-4-2-6;/h1-4,7H,5,9H2,(H,11,12);1H/t7-;/m0./s1. The van der Waals surface area contributed by atoms with Crippen molar-refractivity contribution in [2.75, 3.05) is 0 Å². The number of carboxylic acids is 1. The van der Waals surface area contributed by atoms with E-state index in [1.807, 2.05) is 0 Å². The summed E-state index contributed by atoms with van der Waals surface area (Å²) in [6.07, 6.45) is 3.14. The van der Waals surface area contributed by atoms with E-state index in [1.165, 1.54) is 0 Å². The molecule has 1 heterocycles. The summed E-state index contributed by atoms with van der Waals surface area (Å²) < 4.78 is 0.